The van der Waals surface area contributed by atoms with Crippen LogP contribution >= 0.6 is 0 Å². The first-order chi connectivity index (χ1) is 10.2. The second-order valence-corrected chi connectivity index (χ2v) is 4.91. The summed E-state index contributed by atoms with van der Waals surface area (Å²) in [6.07, 6.45) is 0.339. The van der Waals surface area contributed by atoms with Crippen molar-refractivity contribution in [1.82, 2.24) is 0 Å². The van der Waals surface area contributed by atoms with Crippen LogP contribution < -0.4 is 9.64 Å². The Labute approximate surface area is 126 Å². The van der Waals surface area contributed by atoms with E-state index in [2.05, 4.69) is 0 Å². The van der Waals surface area contributed by atoms with E-state index >= 15 is 0 Å². The Morgan fingerprint density at radius 3 is 2.43 bits per heavy atom. The number of likely N-dealkylation sites (N-methyl/N-ethyl adjacent to an activating group) is 1. The summed E-state index contributed by atoms with van der Waals surface area (Å²) in [5, 5.41) is 0. The second-order valence-electron chi connectivity index (χ2n) is 4.91. The van der Waals surface area contributed by atoms with Crippen LogP contribution in [0.25, 0.3) is 0 Å². The number of carbonyl (C=O) groups is 1. The largest absolute Gasteiger partial charge is 0.496 e. The zero-order valence-electron chi connectivity index (χ0n) is 12.8. The molecule has 0 saturated heterocycles. The number of ether oxygens (including phenoxy) is 1. The molecule has 2 aromatic rings. The summed E-state index contributed by atoms with van der Waals surface area (Å²) in [5.41, 5.74) is 2.99. The number of carbonyl (C=O) groups excluding carboxylic acids is 1. The van der Waals surface area contributed by atoms with Crippen LogP contribution in [0.2, 0.25) is 0 Å². The quantitative estimate of drug-likeness (QED) is 0.839. The molecule has 0 spiro atoms. The summed E-state index contributed by atoms with van der Waals surface area (Å²) in [7, 11) is 1.63. The van der Waals surface area contributed by atoms with Gasteiger partial charge in [-0.15, -0.1) is 0 Å². The molecule has 0 aliphatic heterocycles. The molecule has 0 heterocycles. The van der Waals surface area contributed by atoms with Gasteiger partial charge in [-0.25, -0.2) is 0 Å². The predicted molar refractivity (Wildman–Crippen MR) is 85.9 cm³/mol. The van der Waals surface area contributed by atoms with E-state index in [0.29, 0.717) is 13.0 Å². The number of anilines is 1. The number of hydrogen-bond acceptors (Lipinski definition) is 2. The van der Waals surface area contributed by atoms with E-state index in [4.69, 9.17) is 4.74 Å². The average Bonchev–Trinajstić information content (AvgIpc) is 2.50. The number of aryl methyl sites for hydroxylation is 1. The molecule has 0 atom stereocenters. The number of nitrogens with zero attached hydrogens (tertiary/aromatic N) is 1. The highest BCUT2D eigenvalue weighted by molar-refractivity contribution is 5.95. The molecule has 0 N–H and O–H groups in total. The van der Waals surface area contributed by atoms with Crippen molar-refractivity contribution in [2.24, 2.45) is 0 Å². The molecular formula is C18H21NO2. The number of benzene rings is 2. The van der Waals surface area contributed by atoms with Crippen LogP contribution in [0.5, 0.6) is 5.75 Å². The Morgan fingerprint density at radius 2 is 1.76 bits per heavy atom. The van der Waals surface area contributed by atoms with Crippen molar-refractivity contribution in [3.05, 3.63) is 59.7 Å². The van der Waals surface area contributed by atoms with Crippen molar-refractivity contribution in [3.8, 4) is 5.75 Å². The van der Waals surface area contributed by atoms with Gasteiger partial charge in [0.25, 0.3) is 0 Å². The van der Waals surface area contributed by atoms with E-state index < -0.39 is 0 Å². The van der Waals surface area contributed by atoms with Crippen molar-refractivity contribution < 1.29 is 9.53 Å². The van der Waals surface area contributed by atoms with Gasteiger partial charge in [0.05, 0.1) is 13.5 Å². The second kappa shape index (κ2) is 6.93. The maximum absolute atomic E-state index is 12.6. The Kier molecular flexibility index (Phi) is 4.99. The van der Waals surface area contributed by atoms with Gasteiger partial charge in [-0.2, -0.15) is 0 Å². The fourth-order valence-electron chi connectivity index (χ4n) is 2.45. The smallest absolute Gasteiger partial charge is 0.231 e. The van der Waals surface area contributed by atoms with Gasteiger partial charge in [-0.1, -0.05) is 36.4 Å². The average molecular weight is 283 g/mol. The topological polar surface area (TPSA) is 29.5 Å². The lowest BCUT2D eigenvalue weighted by atomic mass is 10.1. The minimum absolute atomic E-state index is 0.0799. The van der Waals surface area contributed by atoms with Crippen LogP contribution in [0.4, 0.5) is 5.69 Å². The predicted octanol–water partition coefficient (Wildman–Crippen LogP) is 3.60. The normalized spacial score (nSPS) is 10.2. The van der Waals surface area contributed by atoms with Crippen LogP contribution in [0.1, 0.15) is 18.1 Å². The Bertz CT molecular complexity index is 622. The molecule has 0 aliphatic rings. The summed E-state index contributed by atoms with van der Waals surface area (Å²) < 4.78 is 5.32. The monoisotopic (exact) mass is 283 g/mol. The molecule has 2 aromatic carbocycles. The number of methoxy groups -OCH3 is 1. The van der Waals surface area contributed by atoms with E-state index in [-0.39, 0.29) is 5.91 Å². The lowest BCUT2D eigenvalue weighted by Gasteiger charge is -2.23. The highest BCUT2D eigenvalue weighted by Crippen LogP contribution is 2.23. The third-order valence-electron chi connectivity index (χ3n) is 3.56. The molecular weight excluding hydrogens is 262 g/mol. The number of amides is 1. The molecule has 3 nitrogen and oxygen atoms in total. The van der Waals surface area contributed by atoms with Gasteiger partial charge >= 0.3 is 0 Å². The first-order valence-corrected chi connectivity index (χ1v) is 7.15. The Hall–Kier alpha value is -2.29. The van der Waals surface area contributed by atoms with Crippen molar-refractivity contribution in [2.45, 2.75) is 20.3 Å². The first-order valence-electron chi connectivity index (χ1n) is 7.15. The number of hydrogen-bond donors (Lipinski definition) is 0. The van der Waals surface area contributed by atoms with Crippen molar-refractivity contribution in [2.75, 3.05) is 18.6 Å². The third kappa shape index (κ3) is 3.43. The fraction of sp³-hybridized carbons (Fsp3) is 0.278. The maximum Gasteiger partial charge on any atom is 0.231 e. The molecule has 0 bridgehead atoms. The zero-order chi connectivity index (χ0) is 15.2. The lowest BCUT2D eigenvalue weighted by Crippen LogP contribution is -2.32. The lowest BCUT2D eigenvalue weighted by molar-refractivity contribution is -0.118. The molecule has 0 unspecified atom stereocenters. The van der Waals surface area contributed by atoms with Crippen LogP contribution in [0.15, 0.2) is 48.5 Å². The highest BCUT2D eigenvalue weighted by Gasteiger charge is 2.17. The molecule has 0 aromatic heterocycles. The van der Waals surface area contributed by atoms with Gasteiger partial charge in [0, 0.05) is 17.8 Å². The van der Waals surface area contributed by atoms with Crippen LogP contribution in [-0.4, -0.2) is 19.6 Å². The van der Waals surface area contributed by atoms with E-state index in [0.717, 1.165) is 22.6 Å². The van der Waals surface area contributed by atoms with Gasteiger partial charge in [0.2, 0.25) is 5.91 Å². The van der Waals surface area contributed by atoms with E-state index in [1.807, 2.05) is 67.3 Å². The summed E-state index contributed by atoms with van der Waals surface area (Å²) in [6.45, 7) is 4.67. The van der Waals surface area contributed by atoms with Crippen LogP contribution in [-0.2, 0) is 11.2 Å². The Balaban J connectivity index is 2.24. The van der Waals surface area contributed by atoms with E-state index in [9.17, 15) is 4.79 Å². The molecule has 21 heavy (non-hydrogen) atoms. The minimum atomic E-state index is 0.0799. The summed E-state index contributed by atoms with van der Waals surface area (Å²) in [4.78, 5) is 14.5. The van der Waals surface area contributed by atoms with Crippen LogP contribution in [0, 0.1) is 6.92 Å². The van der Waals surface area contributed by atoms with Gasteiger partial charge in [-0.05, 0) is 31.5 Å². The molecule has 0 radical (unpaired) electrons. The summed E-state index contributed by atoms with van der Waals surface area (Å²) in [5.74, 6) is 0.836. The molecule has 110 valence electrons. The van der Waals surface area contributed by atoms with Crippen molar-refractivity contribution >= 4 is 11.6 Å². The summed E-state index contributed by atoms with van der Waals surface area (Å²) >= 11 is 0. The molecule has 1 amide bonds. The molecule has 3 heteroatoms. The van der Waals surface area contributed by atoms with E-state index in [1.165, 1.54) is 0 Å². The van der Waals surface area contributed by atoms with Gasteiger partial charge in [0.1, 0.15) is 5.75 Å². The van der Waals surface area contributed by atoms with Crippen molar-refractivity contribution in [1.29, 1.82) is 0 Å². The number of rotatable bonds is 5. The summed E-state index contributed by atoms with van der Waals surface area (Å²) in [6, 6.07) is 15.6. The maximum atomic E-state index is 12.6. The highest BCUT2D eigenvalue weighted by atomic mass is 16.5. The SMILES string of the molecule is CCN(C(=O)Cc1ccccc1OC)c1ccccc1C. The van der Waals surface area contributed by atoms with Gasteiger partial charge in [-0.3, -0.25) is 4.79 Å². The molecule has 0 saturated carbocycles. The third-order valence-corrected chi connectivity index (χ3v) is 3.56. The van der Waals surface area contributed by atoms with Gasteiger partial charge in [0.15, 0.2) is 0 Å². The van der Waals surface area contributed by atoms with Crippen LogP contribution in [0.3, 0.4) is 0 Å². The number of para-hydroxylation sites is 2. The molecule has 0 aliphatic carbocycles. The minimum Gasteiger partial charge on any atom is -0.496 e. The first kappa shape index (κ1) is 15.1. The Morgan fingerprint density at radius 1 is 1.10 bits per heavy atom. The zero-order valence-corrected chi connectivity index (χ0v) is 12.8. The van der Waals surface area contributed by atoms with Crippen molar-refractivity contribution in [3.63, 3.8) is 0 Å². The molecule has 0 fully saturated rings. The van der Waals surface area contributed by atoms with Gasteiger partial charge < -0.3 is 9.64 Å². The standard InChI is InChI=1S/C18H21NO2/c1-4-19(16-11-7-5-9-14(16)2)18(20)13-15-10-6-8-12-17(15)21-3/h5-12H,4,13H2,1-3H3. The fourth-order valence-corrected chi connectivity index (χ4v) is 2.45. The molecule has 2 rings (SSSR count). The van der Waals surface area contributed by atoms with E-state index in [1.54, 1.807) is 7.11 Å².